The SMILES string of the molecule is CC(C)NC(=O)[C@H](NC(=O)c1ccc2c(c1)OCO2)C1CCN(C(=O)c2ccc3c(c2)OCO3)CC1. The summed E-state index contributed by atoms with van der Waals surface area (Å²) in [5, 5.41) is 5.84. The Kier molecular flexibility index (Phi) is 6.58. The number of nitrogens with zero attached hydrogens (tertiary/aromatic N) is 1. The summed E-state index contributed by atoms with van der Waals surface area (Å²) in [6.07, 6.45) is 1.15. The Morgan fingerprint density at radius 1 is 0.806 bits per heavy atom. The van der Waals surface area contributed by atoms with E-state index in [2.05, 4.69) is 10.6 Å². The van der Waals surface area contributed by atoms with Crippen LogP contribution in [0.2, 0.25) is 0 Å². The van der Waals surface area contributed by atoms with Gasteiger partial charge in [-0.1, -0.05) is 0 Å². The third-order valence-electron chi connectivity index (χ3n) is 6.55. The van der Waals surface area contributed by atoms with E-state index < -0.39 is 6.04 Å². The van der Waals surface area contributed by atoms with Crippen LogP contribution in [0.3, 0.4) is 0 Å². The molecule has 0 aliphatic carbocycles. The molecule has 10 heteroatoms. The fourth-order valence-electron chi connectivity index (χ4n) is 4.68. The lowest BCUT2D eigenvalue weighted by Crippen LogP contribution is -2.54. The van der Waals surface area contributed by atoms with Gasteiger partial charge in [0.2, 0.25) is 19.5 Å². The molecule has 2 N–H and O–H groups in total. The number of hydrogen-bond acceptors (Lipinski definition) is 7. The molecule has 3 heterocycles. The number of carbonyl (C=O) groups excluding carboxylic acids is 3. The van der Waals surface area contributed by atoms with Crippen LogP contribution >= 0.6 is 0 Å². The molecule has 0 saturated carbocycles. The number of likely N-dealkylation sites (tertiary alicyclic amines) is 1. The summed E-state index contributed by atoms with van der Waals surface area (Å²) in [5.41, 5.74) is 0.917. The molecule has 2 aromatic rings. The lowest BCUT2D eigenvalue weighted by atomic mass is 9.88. The summed E-state index contributed by atoms with van der Waals surface area (Å²) in [5.74, 6) is 1.45. The Labute approximate surface area is 208 Å². The highest BCUT2D eigenvalue weighted by atomic mass is 16.7. The summed E-state index contributed by atoms with van der Waals surface area (Å²) in [6.45, 7) is 4.97. The molecule has 1 saturated heterocycles. The van der Waals surface area contributed by atoms with Crippen LogP contribution in [0.15, 0.2) is 36.4 Å². The third kappa shape index (κ3) is 4.89. The van der Waals surface area contributed by atoms with Gasteiger partial charge in [-0.25, -0.2) is 0 Å². The smallest absolute Gasteiger partial charge is 0.253 e. The Bertz CT molecular complexity index is 1170. The maximum Gasteiger partial charge on any atom is 0.253 e. The van der Waals surface area contributed by atoms with E-state index in [4.69, 9.17) is 18.9 Å². The standard InChI is InChI=1S/C26H29N3O7/c1-15(2)27-25(31)23(28-24(30)17-3-5-19-21(11-17)35-13-33-19)16-7-9-29(10-8-16)26(32)18-4-6-20-22(12-18)36-14-34-20/h3-6,11-12,15-16,23H,7-10,13-14H2,1-2H3,(H,27,31)(H,28,30)/t23-/m1/s1. The van der Waals surface area contributed by atoms with Gasteiger partial charge in [-0.15, -0.1) is 0 Å². The number of rotatable bonds is 6. The molecule has 3 aliphatic heterocycles. The molecular formula is C26H29N3O7. The van der Waals surface area contributed by atoms with Crippen LogP contribution in [0.4, 0.5) is 0 Å². The van der Waals surface area contributed by atoms with Gasteiger partial charge in [-0.3, -0.25) is 14.4 Å². The highest BCUT2D eigenvalue weighted by Crippen LogP contribution is 2.34. The molecule has 0 unspecified atom stereocenters. The van der Waals surface area contributed by atoms with Crippen molar-refractivity contribution in [3.63, 3.8) is 0 Å². The van der Waals surface area contributed by atoms with E-state index in [1.54, 1.807) is 41.3 Å². The van der Waals surface area contributed by atoms with Crippen LogP contribution in [0.25, 0.3) is 0 Å². The normalized spacial score (nSPS) is 17.1. The van der Waals surface area contributed by atoms with Crippen molar-refractivity contribution >= 4 is 17.7 Å². The van der Waals surface area contributed by atoms with E-state index in [-0.39, 0.29) is 43.3 Å². The molecule has 10 nitrogen and oxygen atoms in total. The molecule has 0 spiro atoms. The average Bonchev–Trinajstić information content (AvgIpc) is 3.54. The minimum atomic E-state index is -0.729. The molecular weight excluding hydrogens is 466 g/mol. The number of fused-ring (bicyclic) bond motifs is 2. The minimum Gasteiger partial charge on any atom is -0.454 e. The first-order valence-electron chi connectivity index (χ1n) is 12.1. The average molecular weight is 496 g/mol. The van der Waals surface area contributed by atoms with E-state index >= 15 is 0 Å². The Balaban J connectivity index is 1.26. The summed E-state index contributed by atoms with van der Waals surface area (Å²) < 4.78 is 21.4. The van der Waals surface area contributed by atoms with Crippen LogP contribution in [-0.2, 0) is 4.79 Å². The summed E-state index contributed by atoms with van der Waals surface area (Å²) in [7, 11) is 0. The second kappa shape index (κ2) is 9.96. The van der Waals surface area contributed by atoms with Gasteiger partial charge in [0.05, 0.1) is 0 Å². The minimum absolute atomic E-state index is 0.0740. The van der Waals surface area contributed by atoms with Gasteiger partial charge in [0, 0.05) is 30.3 Å². The first kappa shape index (κ1) is 23.8. The highest BCUT2D eigenvalue weighted by Gasteiger charge is 2.35. The lowest BCUT2D eigenvalue weighted by molar-refractivity contribution is -0.125. The van der Waals surface area contributed by atoms with E-state index in [9.17, 15) is 14.4 Å². The van der Waals surface area contributed by atoms with Crippen molar-refractivity contribution in [3.8, 4) is 23.0 Å². The van der Waals surface area contributed by atoms with Gasteiger partial charge < -0.3 is 34.5 Å². The first-order chi connectivity index (χ1) is 17.4. The number of piperidine rings is 1. The zero-order chi connectivity index (χ0) is 25.2. The zero-order valence-electron chi connectivity index (χ0n) is 20.2. The van der Waals surface area contributed by atoms with Crippen LogP contribution in [0.1, 0.15) is 47.4 Å². The number of ether oxygens (including phenoxy) is 4. The largest absolute Gasteiger partial charge is 0.454 e. The van der Waals surface area contributed by atoms with E-state index in [1.807, 2.05) is 13.8 Å². The number of carbonyl (C=O) groups is 3. The topological polar surface area (TPSA) is 115 Å². The van der Waals surface area contributed by atoms with Crippen LogP contribution in [-0.4, -0.2) is 61.4 Å². The van der Waals surface area contributed by atoms with Crippen molar-refractivity contribution < 1.29 is 33.3 Å². The monoisotopic (exact) mass is 495 g/mol. The van der Waals surface area contributed by atoms with E-state index in [0.717, 1.165) is 0 Å². The molecule has 1 atom stereocenters. The Morgan fingerprint density at radius 3 is 1.97 bits per heavy atom. The molecule has 3 amide bonds. The van der Waals surface area contributed by atoms with Crippen molar-refractivity contribution in [2.45, 2.75) is 38.8 Å². The fourth-order valence-corrected chi connectivity index (χ4v) is 4.68. The van der Waals surface area contributed by atoms with Crippen molar-refractivity contribution in [3.05, 3.63) is 47.5 Å². The number of benzene rings is 2. The lowest BCUT2D eigenvalue weighted by Gasteiger charge is -2.36. The maximum absolute atomic E-state index is 13.1. The second-order valence-electron chi connectivity index (χ2n) is 9.38. The van der Waals surface area contributed by atoms with Gasteiger partial charge >= 0.3 is 0 Å². The fraction of sp³-hybridized carbons (Fsp3) is 0.423. The summed E-state index contributed by atoms with van der Waals surface area (Å²) in [4.78, 5) is 41.0. The van der Waals surface area contributed by atoms with Crippen LogP contribution in [0.5, 0.6) is 23.0 Å². The van der Waals surface area contributed by atoms with Crippen LogP contribution in [0, 0.1) is 5.92 Å². The first-order valence-corrected chi connectivity index (χ1v) is 12.1. The van der Waals surface area contributed by atoms with Crippen LogP contribution < -0.4 is 29.6 Å². The predicted molar refractivity (Wildman–Crippen MR) is 128 cm³/mol. The number of amides is 3. The van der Waals surface area contributed by atoms with Crippen molar-refractivity contribution in [2.75, 3.05) is 26.7 Å². The molecule has 0 bridgehead atoms. The number of nitrogens with one attached hydrogen (secondary N) is 2. The Morgan fingerprint density at radius 2 is 1.36 bits per heavy atom. The van der Waals surface area contributed by atoms with Gasteiger partial charge in [0.25, 0.3) is 11.8 Å². The highest BCUT2D eigenvalue weighted by molar-refractivity contribution is 5.98. The van der Waals surface area contributed by atoms with E-state index in [1.165, 1.54) is 0 Å². The van der Waals surface area contributed by atoms with Crippen molar-refractivity contribution in [1.29, 1.82) is 0 Å². The molecule has 3 aliphatic rings. The van der Waals surface area contributed by atoms with Gasteiger partial charge in [-0.2, -0.15) is 0 Å². The van der Waals surface area contributed by atoms with Gasteiger partial charge in [0.15, 0.2) is 23.0 Å². The van der Waals surface area contributed by atoms with Crippen molar-refractivity contribution in [2.24, 2.45) is 5.92 Å². The maximum atomic E-state index is 13.1. The molecule has 0 aromatic heterocycles. The summed E-state index contributed by atoms with van der Waals surface area (Å²) >= 11 is 0. The summed E-state index contributed by atoms with van der Waals surface area (Å²) in [6, 6.07) is 9.30. The Hall–Kier alpha value is -3.95. The molecule has 5 rings (SSSR count). The predicted octanol–water partition coefficient (Wildman–Crippen LogP) is 2.32. The second-order valence-corrected chi connectivity index (χ2v) is 9.38. The molecule has 0 radical (unpaired) electrons. The quantitative estimate of drug-likeness (QED) is 0.632. The molecule has 2 aromatic carbocycles. The van der Waals surface area contributed by atoms with Gasteiger partial charge in [-0.05, 0) is 69.0 Å². The third-order valence-corrected chi connectivity index (χ3v) is 6.55. The molecule has 36 heavy (non-hydrogen) atoms. The zero-order valence-corrected chi connectivity index (χ0v) is 20.2. The number of hydrogen-bond donors (Lipinski definition) is 2. The molecule has 190 valence electrons. The van der Waals surface area contributed by atoms with E-state index in [0.29, 0.717) is 60.1 Å². The van der Waals surface area contributed by atoms with Gasteiger partial charge in [0.1, 0.15) is 6.04 Å². The van der Waals surface area contributed by atoms with Crippen molar-refractivity contribution in [1.82, 2.24) is 15.5 Å². The molecule has 1 fully saturated rings.